The number of fused-ring (bicyclic) bond motifs is 1. The van der Waals surface area contributed by atoms with Crippen LogP contribution >= 0.6 is 0 Å². The van der Waals surface area contributed by atoms with Crippen LogP contribution in [-0.4, -0.2) is 73.6 Å². The summed E-state index contributed by atoms with van der Waals surface area (Å²) >= 11 is 0. The summed E-state index contributed by atoms with van der Waals surface area (Å²) in [5, 5.41) is 15.0. The van der Waals surface area contributed by atoms with Gasteiger partial charge in [-0.3, -0.25) is 4.79 Å². The second-order valence-corrected chi connectivity index (χ2v) is 13.5. The second-order valence-electron chi connectivity index (χ2n) is 11.5. The third-order valence-electron chi connectivity index (χ3n) is 7.81. The lowest BCUT2D eigenvalue weighted by atomic mass is 10.0. The van der Waals surface area contributed by atoms with Crippen molar-refractivity contribution in [3.8, 4) is 5.75 Å². The van der Waals surface area contributed by atoms with Crippen molar-refractivity contribution in [2.75, 3.05) is 37.4 Å². The zero-order valence-corrected chi connectivity index (χ0v) is 26.7. The molecule has 3 atom stereocenters. The lowest BCUT2D eigenvalue weighted by Crippen LogP contribution is -2.48. The lowest BCUT2D eigenvalue weighted by molar-refractivity contribution is -0.137. The smallest absolute Gasteiger partial charge is 0.416 e. The molecule has 3 aromatic rings. The number of benzene rings is 3. The number of urea groups is 1. The van der Waals surface area contributed by atoms with Crippen molar-refractivity contribution >= 4 is 33.3 Å². The first-order valence-corrected chi connectivity index (χ1v) is 16.0. The van der Waals surface area contributed by atoms with Crippen molar-refractivity contribution < 1.29 is 41.0 Å². The van der Waals surface area contributed by atoms with E-state index in [2.05, 4.69) is 10.6 Å². The van der Waals surface area contributed by atoms with Crippen molar-refractivity contribution in [2.24, 2.45) is 5.92 Å². The predicted molar refractivity (Wildman–Crippen MR) is 167 cm³/mol. The van der Waals surface area contributed by atoms with Crippen molar-refractivity contribution in [3.05, 3.63) is 83.4 Å². The molecule has 0 unspecified atom stereocenters. The summed E-state index contributed by atoms with van der Waals surface area (Å²) in [5.41, 5.74) is 0.902. The Morgan fingerprint density at radius 3 is 2.28 bits per heavy atom. The van der Waals surface area contributed by atoms with E-state index in [0.29, 0.717) is 11.3 Å². The largest absolute Gasteiger partial charge is 0.488 e. The topological polar surface area (TPSA) is 128 Å². The summed E-state index contributed by atoms with van der Waals surface area (Å²) in [4.78, 5) is 27.8. The molecule has 0 bridgehead atoms. The number of nitrogens with zero attached hydrogens (tertiary/aromatic N) is 2. The van der Waals surface area contributed by atoms with Gasteiger partial charge in [0.05, 0.1) is 36.1 Å². The molecule has 46 heavy (non-hydrogen) atoms. The first kappa shape index (κ1) is 34.7. The maximum absolute atomic E-state index is 13.5. The fraction of sp³-hybridized carbons (Fsp3) is 0.375. The Hall–Kier alpha value is -4.14. The van der Waals surface area contributed by atoms with Gasteiger partial charge in [-0.05, 0) is 68.4 Å². The fourth-order valence-electron chi connectivity index (χ4n) is 5.00. The molecule has 248 valence electrons. The summed E-state index contributed by atoms with van der Waals surface area (Å²) in [5.74, 6) is -0.337. The van der Waals surface area contributed by atoms with Crippen LogP contribution in [0.2, 0.25) is 0 Å². The number of aliphatic hydroxyl groups excluding tert-OH is 1. The molecular weight excluding hydrogens is 625 g/mol. The molecule has 0 spiro atoms. The van der Waals surface area contributed by atoms with Gasteiger partial charge in [-0.1, -0.05) is 24.6 Å². The summed E-state index contributed by atoms with van der Waals surface area (Å²) in [6.07, 6.45) is -5.34. The standard InChI is InChI=1S/C32H37F3N4O6S/c1-20-5-12-27(13-6-20)46(43,44)38(4)18-29-21(2)17-39(22(3)19-40)30(41)16-23-15-26(11-14-28(23)45-29)37-31(42)36-25-9-7-24(8-10-25)32(33,34)35/h5-15,21-22,29,40H,16-19H2,1-4H3,(H2,36,37,42)/t21-,22-,29+/m0/s1. The molecule has 10 nitrogen and oxygen atoms in total. The number of carbonyl (C=O) groups is 2. The van der Waals surface area contributed by atoms with E-state index in [9.17, 15) is 36.3 Å². The molecule has 0 aliphatic carbocycles. The van der Waals surface area contributed by atoms with Gasteiger partial charge in [0.2, 0.25) is 15.9 Å². The first-order chi connectivity index (χ1) is 21.6. The Kier molecular flexibility index (Phi) is 10.6. The van der Waals surface area contributed by atoms with Gasteiger partial charge in [-0.15, -0.1) is 0 Å². The maximum Gasteiger partial charge on any atom is 0.416 e. The van der Waals surface area contributed by atoms with Gasteiger partial charge in [0.1, 0.15) is 11.9 Å². The highest BCUT2D eigenvalue weighted by Gasteiger charge is 2.34. The van der Waals surface area contributed by atoms with Gasteiger partial charge in [0, 0.05) is 36.4 Å². The van der Waals surface area contributed by atoms with E-state index in [1.807, 2.05) is 13.8 Å². The summed E-state index contributed by atoms with van der Waals surface area (Å²) in [7, 11) is -2.41. The minimum atomic E-state index is -4.51. The third-order valence-corrected chi connectivity index (χ3v) is 9.65. The monoisotopic (exact) mass is 662 g/mol. The van der Waals surface area contributed by atoms with E-state index in [1.165, 1.54) is 34.5 Å². The number of aryl methyl sites for hydroxylation is 1. The molecule has 0 saturated heterocycles. The van der Waals surface area contributed by atoms with Crippen LogP contribution < -0.4 is 15.4 Å². The molecule has 0 saturated carbocycles. The van der Waals surface area contributed by atoms with Crippen LogP contribution in [0.25, 0.3) is 0 Å². The number of hydrogen-bond acceptors (Lipinski definition) is 6. The van der Waals surface area contributed by atoms with E-state index in [-0.39, 0.29) is 54.2 Å². The number of ether oxygens (including phenoxy) is 1. The van der Waals surface area contributed by atoms with Crippen LogP contribution in [0.3, 0.4) is 0 Å². The highest BCUT2D eigenvalue weighted by atomic mass is 32.2. The highest BCUT2D eigenvalue weighted by molar-refractivity contribution is 7.89. The molecule has 4 rings (SSSR count). The van der Waals surface area contributed by atoms with Crippen molar-refractivity contribution in [1.29, 1.82) is 0 Å². The van der Waals surface area contributed by atoms with Crippen LogP contribution in [-0.2, 0) is 27.4 Å². The molecule has 0 aromatic heterocycles. The van der Waals surface area contributed by atoms with Gasteiger partial charge in [0.25, 0.3) is 0 Å². The first-order valence-electron chi connectivity index (χ1n) is 14.6. The van der Waals surface area contributed by atoms with Crippen molar-refractivity contribution in [3.63, 3.8) is 0 Å². The second kappa shape index (κ2) is 14.1. The molecule has 1 aliphatic heterocycles. The van der Waals surface area contributed by atoms with Crippen LogP contribution in [0.15, 0.2) is 71.6 Å². The molecule has 14 heteroatoms. The normalized spacial score (nSPS) is 18.1. The Labute approximate surface area is 266 Å². The minimum Gasteiger partial charge on any atom is -0.488 e. The van der Waals surface area contributed by atoms with Gasteiger partial charge in [-0.25, -0.2) is 13.2 Å². The summed E-state index contributed by atoms with van der Waals surface area (Å²) < 4.78 is 73.0. The quantitative estimate of drug-likeness (QED) is 0.307. The molecule has 0 radical (unpaired) electrons. The van der Waals surface area contributed by atoms with E-state index < -0.39 is 39.9 Å². The van der Waals surface area contributed by atoms with Crippen LogP contribution in [0.4, 0.5) is 29.3 Å². The number of nitrogens with one attached hydrogen (secondary N) is 2. The van der Waals surface area contributed by atoms with Crippen LogP contribution in [0, 0.1) is 12.8 Å². The Balaban J connectivity index is 1.58. The lowest BCUT2D eigenvalue weighted by Gasteiger charge is -2.33. The molecule has 1 heterocycles. The zero-order chi connectivity index (χ0) is 33.8. The highest BCUT2D eigenvalue weighted by Crippen LogP contribution is 2.31. The Bertz CT molecular complexity index is 1650. The number of alkyl halides is 3. The predicted octanol–water partition coefficient (Wildman–Crippen LogP) is 5.13. The van der Waals surface area contributed by atoms with E-state index >= 15 is 0 Å². The SMILES string of the molecule is Cc1ccc(S(=O)(=O)N(C)C[C@H]2Oc3ccc(NC(=O)Nc4ccc(C(F)(F)F)cc4)cc3CC(=O)N([C@@H](C)CO)C[C@@H]2C)cc1. The van der Waals surface area contributed by atoms with Gasteiger partial charge < -0.3 is 25.4 Å². The minimum absolute atomic E-state index is 0.0398. The number of amides is 3. The number of rotatable bonds is 8. The molecule has 3 N–H and O–H groups in total. The third kappa shape index (κ3) is 8.36. The van der Waals surface area contributed by atoms with Gasteiger partial charge >= 0.3 is 12.2 Å². The summed E-state index contributed by atoms with van der Waals surface area (Å²) in [6.45, 7) is 5.27. The number of halogens is 3. The van der Waals surface area contributed by atoms with E-state index in [4.69, 9.17) is 4.74 Å². The molecule has 0 fully saturated rings. The number of hydrogen-bond donors (Lipinski definition) is 3. The average molecular weight is 663 g/mol. The number of sulfonamides is 1. The van der Waals surface area contributed by atoms with E-state index in [1.54, 1.807) is 31.2 Å². The van der Waals surface area contributed by atoms with Crippen molar-refractivity contribution in [1.82, 2.24) is 9.21 Å². The number of carbonyl (C=O) groups excluding carboxylic acids is 2. The molecule has 3 aromatic carbocycles. The van der Waals surface area contributed by atoms with Crippen molar-refractivity contribution in [2.45, 2.75) is 50.4 Å². The fourth-order valence-corrected chi connectivity index (χ4v) is 6.19. The van der Waals surface area contributed by atoms with Crippen LogP contribution in [0.5, 0.6) is 5.75 Å². The molecule has 1 aliphatic rings. The Morgan fingerprint density at radius 1 is 1.07 bits per heavy atom. The summed E-state index contributed by atoms with van der Waals surface area (Å²) in [6, 6.07) is 13.9. The van der Waals surface area contributed by atoms with Gasteiger partial charge in [0.15, 0.2) is 0 Å². The van der Waals surface area contributed by atoms with Crippen LogP contribution in [0.1, 0.15) is 30.5 Å². The Morgan fingerprint density at radius 2 is 1.67 bits per heavy atom. The number of anilines is 2. The number of aliphatic hydroxyl groups is 1. The zero-order valence-electron chi connectivity index (χ0n) is 25.8. The molecular formula is C32H37F3N4O6S. The molecule has 3 amide bonds. The van der Waals surface area contributed by atoms with Gasteiger partial charge in [-0.2, -0.15) is 17.5 Å². The average Bonchev–Trinajstić information content (AvgIpc) is 3.04. The number of likely N-dealkylation sites (N-methyl/N-ethyl adjacent to an activating group) is 1. The maximum atomic E-state index is 13.5. The van der Waals surface area contributed by atoms with E-state index in [0.717, 1.165) is 29.8 Å².